The zero-order valence-electron chi connectivity index (χ0n) is 15.1. The molecule has 2 amide bonds. The van der Waals surface area contributed by atoms with Crippen molar-refractivity contribution in [2.45, 2.75) is 31.8 Å². The van der Waals surface area contributed by atoms with Crippen molar-refractivity contribution in [3.63, 3.8) is 0 Å². The second-order valence-corrected chi connectivity index (χ2v) is 6.65. The predicted octanol–water partition coefficient (Wildman–Crippen LogP) is 2.34. The molecule has 28 heavy (non-hydrogen) atoms. The van der Waals surface area contributed by atoms with Crippen molar-refractivity contribution in [2.75, 3.05) is 0 Å². The maximum atomic E-state index is 13.9. The van der Waals surface area contributed by atoms with Crippen molar-refractivity contribution in [3.05, 3.63) is 70.5 Å². The smallest absolute Gasteiger partial charge is 0.326 e. The third-order valence-corrected chi connectivity index (χ3v) is 4.44. The van der Waals surface area contributed by atoms with Crippen LogP contribution in [0.15, 0.2) is 48.5 Å². The van der Waals surface area contributed by atoms with Crippen LogP contribution in [-0.4, -0.2) is 35.0 Å². The van der Waals surface area contributed by atoms with Crippen molar-refractivity contribution in [1.29, 1.82) is 0 Å². The van der Waals surface area contributed by atoms with Crippen molar-refractivity contribution >= 4 is 29.4 Å². The summed E-state index contributed by atoms with van der Waals surface area (Å²) in [6, 6.07) is 10.2. The molecule has 6 nitrogen and oxygen atoms in total. The average Bonchev–Trinajstić information content (AvgIpc) is 2.63. The highest BCUT2D eigenvalue weighted by Gasteiger charge is 2.27. The molecule has 3 N–H and O–H groups in total. The molecular weight excluding hydrogens is 387 g/mol. The standard InChI is InChI=1S/C20H20ClFN2O4/c1-12(25)23-17(11-14-7-3-5-9-16(14)22)19(26)24-18(20(27)28)10-13-6-2-4-8-15(13)21/h2-9,17-18H,10-11H2,1H3,(H,23,25)(H,24,26)(H,27,28)/t17-,18+/m0/s1. The van der Waals surface area contributed by atoms with Gasteiger partial charge in [-0.25, -0.2) is 9.18 Å². The molecule has 148 valence electrons. The molecule has 0 aliphatic rings. The van der Waals surface area contributed by atoms with Crippen LogP contribution in [0, 0.1) is 5.82 Å². The molecule has 0 spiro atoms. The number of benzene rings is 2. The van der Waals surface area contributed by atoms with Crippen molar-refractivity contribution < 1.29 is 23.9 Å². The van der Waals surface area contributed by atoms with Crippen LogP contribution in [-0.2, 0) is 27.2 Å². The molecule has 0 radical (unpaired) electrons. The molecule has 0 aliphatic carbocycles. The van der Waals surface area contributed by atoms with Crippen LogP contribution in [0.1, 0.15) is 18.1 Å². The van der Waals surface area contributed by atoms with E-state index in [1.165, 1.54) is 25.1 Å². The van der Waals surface area contributed by atoms with Crippen LogP contribution in [0.4, 0.5) is 4.39 Å². The third-order valence-electron chi connectivity index (χ3n) is 4.07. The maximum Gasteiger partial charge on any atom is 0.326 e. The minimum absolute atomic E-state index is 0.0345. The molecule has 0 unspecified atom stereocenters. The first-order valence-corrected chi connectivity index (χ1v) is 8.92. The lowest BCUT2D eigenvalue weighted by atomic mass is 10.0. The highest BCUT2D eigenvalue weighted by molar-refractivity contribution is 6.31. The van der Waals surface area contributed by atoms with E-state index in [0.29, 0.717) is 10.6 Å². The zero-order chi connectivity index (χ0) is 20.7. The van der Waals surface area contributed by atoms with E-state index in [2.05, 4.69) is 10.6 Å². The third kappa shape index (κ3) is 6.06. The van der Waals surface area contributed by atoms with Crippen molar-refractivity contribution in [1.82, 2.24) is 10.6 Å². The SMILES string of the molecule is CC(=O)N[C@@H](Cc1ccccc1F)C(=O)N[C@H](Cc1ccccc1Cl)C(=O)O. The molecule has 8 heteroatoms. The second-order valence-electron chi connectivity index (χ2n) is 6.24. The summed E-state index contributed by atoms with van der Waals surface area (Å²) in [4.78, 5) is 35.7. The number of carboxylic acids is 1. The molecule has 0 saturated carbocycles. The van der Waals surface area contributed by atoms with Gasteiger partial charge >= 0.3 is 5.97 Å². The molecule has 0 bridgehead atoms. The van der Waals surface area contributed by atoms with Crippen LogP contribution in [0.3, 0.4) is 0 Å². The van der Waals surface area contributed by atoms with Gasteiger partial charge in [-0.1, -0.05) is 48.0 Å². The highest BCUT2D eigenvalue weighted by atomic mass is 35.5. The molecule has 2 aromatic carbocycles. The van der Waals surface area contributed by atoms with E-state index in [-0.39, 0.29) is 18.4 Å². The van der Waals surface area contributed by atoms with Gasteiger partial charge in [0.2, 0.25) is 11.8 Å². The van der Waals surface area contributed by atoms with Crippen molar-refractivity contribution in [3.8, 4) is 0 Å². The van der Waals surface area contributed by atoms with Crippen molar-refractivity contribution in [2.24, 2.45) is 0 Å². The van der Waals surface area contributed by atoms with Gasteiger partial charge < -0.3 is 15.7 Å². The van der Waals surface area contributed by atoms with E-state index in [1.54, 1.807) is 30.3 Å². The number of amides is 2. The Balaban J connectivity index is 2.17. The Kier molecular flexibility index (Phi) is 7.52. The lowest BCUT2D eigenvalue weighted by Gasteiger charge is -2.21. The molecule has 0 aromatic heterocycles. The fourth-order valence-electron chi connectivity index (χ4n) is 2.69. The molecule has 2 atom stereocenters. The Bertz CT molecular complexity index is 875. The Hall–Kier alpha value is -2.93. The summed E-state index contributed by atoms with van der Waals surface area (Å²) in [6.07, 6.45) is -0.149. The second kappa shape index (κ2) is 9.85. The number of halogens is 2. The Morgan fingerprint density at radius 3 is 2.11 bits per heavy atom. The topological polar surface area (TPSA) is 95.5 Å². The molecule has 0 saturated heterocycles. The minimum Gasteiger partial charge on any atom is -0.480 e. The first kappa shape index (κ1) is 21.4. The molecule has 0 aliphatic heterocycles. The lowest BCUT2D eigenvalue weighted by molar-refractivity contribution is -0.142. The van der Waals surface area contributed by atoms with Gasteiger partial charge in [-0.2, -0.15) is 0 Å². The average molecular weight is 407 g/mol. The van der Waals surface area contributed by atoms with Gasteiger partial charge in [0.25, 0.3) is 0 Å². The Morgan fingerprint density at radius 2 is 1.54 bits per heavy atom. The van der Waals surface area contributed by atoms with Crippen LogP contribution in [0.25, 0.3) is 0 Å². The van der Waals surface area contributed by atoms with Gasteiger partial charge in [-0.05, 0) is 23.3 Å². The van der Waals surface area contributed by atoms with Gasteiger partial charge in [0.1, 0.15) is 17.9 Å². The Labute approximate surface area is 166 Å². The van der Waals surface area contributed by atoms with E-state index in [9.17, 15) is 23.9 Å². The molecule has 2 rings (SSSR count). The number of hydrogen-bond acceptors (Lipinski definition) is 3. The van der Waals surface area contributed by atoms with Crippen LogP contribution in [0.5, 0.6) is 0 Å². The summed E-state index contributed by atoms with van der Waals surface area (Å²) >= 11 is 6.06. The fourth-order valence-corrected chi connectivity index (χ4v) is 2.91. The maximum absolute atomic E-state index is 13.9. The monoisotopic (exact) mass is 406 g/mol. The van der Waals surface area contributed by atoms with Gasteiger partial charge in [0.05, 0.1) is 0 Å². The van der Waals surface area contributed by atoms with E-state index < -0.39 is 35.7 Å². The van der Waals surface area contributed by atoms with Gasteiger partial charge in [-0.3, -0.25) is 9.59 Å². The summed E-state index contributed by atoms with van der Waals surface area (Å²) in [5, 5.41) is 14.7. The summed E-state index contributed by atoms with van der Waals surface area (Å²) in [5.41, 5.74) is 0.788. The van der Waals surface area contributed by atoms with E-state index >= 15 is 0 Å². The largest absolute Gasteiger partial charge is 0.480 e. The van der Waals surface area contributed by atoms with Gasteiger partial charge in [0.15, 0.2) is 0 Å². The lowest BCUT2D eigenvalue weighted by Crippen LogP contribution is -2.52. The van der Waals surface area contributed by atoms with E-state index in [4.69, 9.17) is 11.6 Å². The normalized spacial score (nSPS) is 12.7. The first-order chi connectivity index (χ1) is 13.3. The summed E-state index contributed by atoms with van der Waals surface area (Å²) in [6.45, 7) is 1.22. The predicted molar refractivity (Wildman–Crippen MR) is 102 cm³/mol. The number of aliphatic carboxylic acids is 1. The molecule has 2 aromatic rings. The van der Waals surface area contributed by atoms with Crippen LogP contribution >= 0.6 is 11.6 Å². The number of carbonyl (C=O) groups excluding carboxylic acids is 2. The molecule has 0 fully saturated rings. The Morgan fingerprint density at radius 1 is 0.964 bits per heavy atom. The zero-order valence-corrected chi connectivity index (χ0v) is 15.9. The minimum atomic E-state index is -1.26. The summed E-state index contributed by atoms with van der Waals surface area (Å²) < 4.78 is 13.9. The van der Waals surface area contributed by atoms with E-state index in [0.717, 1.165) is 0 Å². The van der Waals surface area contributed by atoms with Gasteiger partial charge in [-0.15, -0.1) is 0 Å². The number of carboxylic acid groups (broad SMARTS) is 1. The van der Waals surface area contributed by atoms with Gasteiger partial charge in [0, 0.05) is 24.8 Å². The number of rotatable bonds is 8. The quantitative estimate of drug-likeness (QED) is 0.627. The molecule has 0 heterocycles. The first-order valence-electron chi connectivity index (χ1n) is 8.55. The summed E-state index contributed by atoms with van der Waals surface area (Å²) in [7, 11) is 0. The number of hydrogen-bond donors (Lipinski definition) is 3. The molecular formula is C20H20ClFN2O4. The van der Waals surface area contributed by atoms with E-state index in [1.807, 2.05) is 0 Å². The van der Waals surface area contributed by atoms with Crippen LogP contribution < -0.4 is 10.6 Å². The van der Waals surface area contributed by atoms with Crippen LogP contribution in [0.2, 0.25) is 5.02 Å². The fraction of sp³-hybridized carbons (Fsp3) is 0.250. The number of nitrogens with one attached hydrogen (secondary N) is 2. The summed E-state index contributed by atoms with van der Waals surface area (Å²) in [5.74, 6) is -2.98. The highest BCUT2D eigenvalue weighted by Crippen LogP contribution is 2.17. The number of carbonyl (C=O) groups is 3.